The van der Waals surface area contributed by atoms with Crippen molar-refractivity contribution in [2.24, 2.45) is 0 Å². The molecule has 3 nitrogen and oxygen atoms in total. The van der Waals surface area contributed by atoms with Crippen molar-refractivity contribution < 1.29 is 4.92 Å². The lowest BCUT2D eigenvalue weighted by atomic mass is 9.95. The highest BCUT2D eigenvalue weighted by Gasteiger charge is 2.18. The van der Waals surface area contributed by atoms with Crippen molar-refractivity contribution in [1.29, 1.82) is 0 Å². The maximum Gasteiger partial charge on any atom is 0.277 e. The van der Waals surface area contributed by atoms with E-state index in [-0.39, 0.29) is 16.0 Å². The number of thiophene rings is 1. The molecule has 0 bridgehead atoms. The number of hydrogen-bond donors (Lipinski definition) is 0. The Morgan fingerprint density at radius 2 is 1.80 bits per heavy atom. The number of hydrogen-bond acceptors (Lipinski definition) is 3. The predicted molar refractivity (Wildman–Crippen MR) is 84.3 cm³/mol. The van der Waals surface area contributed by atoms with Gasteiger partial charge in [0.15, 0.2) is 0 Å². The third-order valence-electron chi connectivity index (χ3n) is 2.91. The van der Waals surface area contributed by atoms with Crippen LogP contribution in [0.2, 0.25) is 0 Å². The molecule has 1 heterocycles. The van der Waals surface area contributed by atoms with E-state index in [4.69, 9.17) is 0 Å². The summed E-state index contributed by atoms with van der Waals surface area (Å²) < 4.78 is 0. The molecule has 0 spiro atoms. The molecule has 4 heteroatoms. The molecule has 0 fully saturated rings. The van der Waals surface area contributed by atoms with Crippen molar-refractivity contribution in [2.45, 2.75) is 26.2 Å². The van der Waals surface area contributed by atoms with Gasteiger partial charge in [0.2, 0.25) is 0 Å². The standard InChI is InChI=1S/C16H17NO2S/c1-16(2,3)15-10-9-13(20-15)11-14(17(18)19)12-7-5-4-6-8-12/h4-11H,1-3H3/b14-11+. The summed E-state index contributed by atoms with van der Waals surface area (Å²) in [6, 6.07) is 13.0. The summed E-state index contributed by atoms with van der Waals surface area (Å²) in [6.07, 6.45) is 1.65. The maximum absolute atomic E-state index is 11.2. The van der Waals surface area contributed by atoms with Crippen LogP contribution >= 0.6 is 11.3 Å². The van der Waals surface area contributed by atoms with Crippen LogP contribution in [0.1, 0.15) is 36.1 Å². The van der Waals surface area contributed by atoms with Crippen LogP contribution in [0, 0.1) is 10.1 Å². The fraction of sp³-hybridized carbons (Fsp3) is 0.250. The van der Waals surface area contributed by atoms with Gasteiger partial charge in [-0.05, 0) is 29.7 Å². The van der Waals surface area contributed by atoms with Crippen molar-refractivity contribution in [3.63, 3.8) is 0 Å². The first-order valence-corrected chi connectivity index (χ1v) is 7.21. The summed E-state index contributed by atoms with van der Waals surface area (Å²) in [4.78, 5) is 13.1. The molecule has 0 amide bonds. The Kier molecular flexibility index (Phi) is 4.04. The number of nitro groups is 1. The highest BCUT2D eigenvalue weighted by Crippen LogP contribution is 2.31. The van der Waals surface area contributed by atoms with Crippen LogP contribution in [0.4, 0.5) is 0 Å². The largest absolute Gasteiger partial charge is 0.277 e. The Balaban J connectivity index is 2.40. The highest BCUT2D eigenvalue weighted by atomic mass is 32.1. The monoisotopic (exact) mass is 287 g/mol. The van der Waals surface area contributed by atoms with Crippen LogP contribution in [0.15, 0.2) is 42.5 Å². The molecular weight excluding hydrogens is 270 g/mol. The van der Waals surface area contributed by atoms with Crippen molar-refractivity contribution in [1.82, 2.24) is 0 Å². The average Bonchev–Trinajstić information content (AvgIpc) is 2.85. The van der Waals surface area contributed by atoms with Crippen LogP contribution < -0.4 is 0 Å². The molecule has 20 heavy (non-hydrogen) atoms. The van der Waals surface area contributed by atoms with E-state index in [1.54, 1.807) is 29.5 Å². The molecule has 2 aromatic rings. The van der Waals surface area contributed by atoms with Crippen LogP contribution in [0.3, 0.4) is 0 Å². The third kappa shape index (κ3) is 3.33. The van der Waals surface area contributed by atoms with Gasteiger partial charge < -0.3 is 0 Å². The number of benzene rings is 1. The van der Waals surface area contributed by atoms with Crippen LogP contribution in [0.25, 0.3) is 11.8 Å². The molecule has 0 aliphatic carbocycles. The second kappa shape index (κ2) is 5.59. The Hall–Kier alpha value is -1.94. The number of nitrogens with zero attached hydrogens (tertiary/aromatic N) is 1. The third-order valence-corrected chi connectivity index (χ3v) is 4.37. The highest BCUT2D eigenvalue weighted by molar-refractivity contribution is 7.13. The second-order valence-electron chi connectivity index (χ2n) is 5.60. The molecule has 2 rings (SSSR count). The molecule has 0 unspecified atom stereocenters. The normalized spacial score (nSPS) is 12.4. The van der Waals surface area contributed by atoms with Gasteiger partial charge in [0.1, 0.15) is 0 Å². The van der Waals surface area contributed by atoms with Crippen LogP contribution in [0.5, 0.6) is 0 Å². The quantitative estimate of drug-likeness (QED) is 0.600. The minimum atomic E-state index is -0.328. The number of rotatable bonds is 3. The molecule has 1 aromatic heterocycles. The molecule has 0 N–H and O–H groups in total. The van der Waals surface area contributed by atoms with E-state index in [1.165, 1.54) is 4.88 Å². The summed E-state index contributed by atoms with van der Waals surface area (Å²) >= 11 is 1.60. The average molecular weight is 287 g/mol. The summed E-state index contributed by atoms with van der Waals surface area (Å²) in [7, 11) is 0. The lowest BCUT2D eigenvalue weighted by molar-refractivity contribution is -0.374. The van der Waals surface area contributed by atoms with Crippen molar-refractivity contribution >= 4 is 23.1 Å². The second-order valence-corrected chi connectivity index (χ2v) is 6.72. The fourth-order valence-corrected chi connectivity index (χ4v) is 2.82. The molecule has 0 saturated carbocycles. The zero-order valence-corrected chi connectivity index (χ0v) is 12.6. The zero-order chi connectivity index (χ0) is 14.8. The van der Waals surface area contributed by atoms with Crippen molar-refractivity contribution in [3.8, 4) is 0 Å². The predicted octanol–water partition coefficient (Wildman–Crippen LogP) is 4.82. The topological polar surface area (TPSA) is 43.1 Å². The van der Waals surface area contributed by atoms with Gasteiger partial charge in [0.25, 0.3) is 5.70 Å². The van der Waals surface area contributed by atoms with Crippen LogP contribution in [-0.4, -0.2) is 4.92 Å². The summed E-state index contributed by atoms with van der Waals surface area (Å²) in [5.74, 6) is 0. The Morgan fingerprint density at radius 1 is 1.15 bits per heavy atom. The van der Waals surface area contributed by atoms with E-state index in [9.17, 15) is 10.1 Å². The lowest BCUT2D eigenvalue weighted by Gasteiger charge is -2.15. The van der Waals surface area contributed by atoms with Gasteiger partial charge >= 0.3 is 0 Å². The summed E-state index contributed by atoms with van der Waals surface area (Å²) in [5, 5.41) is 11.2. The summed E-state index contributed by atoms with van der Waals surface area (Å²) in [6.45, 7) is 6.41. The van der Waals surface area contributed by atoms with Gasteiger partial charge in [0.05, 0.1) is 10.5 Å². The molecule has 1 aromatic carbocycles. The lowest BCUT2D eigenvalue weighted by Crippen LogP contribution is -2.07. The van der Waals surface area contributed by atoms with Crippen molar-refractivity contribution in [3.05, 3.63) is 67.9 Å². The molecular formula is C16H17NO2S. The smallest absolute Gasteiger partial charge is 0.258 e. The molecule has 0 aliphatic rings. The molecule has 0 radical (unpaired) electrons. The Bertz CT molecular complexity index is 636. The van der Waals surface area contributed by atoms with Crippen molar-refractivity contribution in [2.75, 3.05) is 0 Å². The Labute approximate surface area is 122 Å². The molecule has 104 valence electrons. The minimum Gasteiger partial charge on any atom is -0.258 e. The minimum absolute atomic E-state index is 0.0677. The van der Waals surface area contributed by atoms with E-state index in [0.29, 0.717) is 5.56 Å². The van der Waals surface area contributed by atoms with E-state index >= 15 is 0 Å². The molecule has 0 saturated heterocycles. The van der Waals surface area contributed by atoms with E-state index in [2.05, 4.69) is 20.8 Å². The molecule has 0 aliphatic heterocycles. The maximum atomic E-state index is 11.2. The van der Waals surface area contributed by atoms with Gasteiger partial charge in [-0.3, -0.25) is 10.1 Å². The first-order valence-electron chi connectivity index (χ1n) is 6.40. The Morgan fingerprint density at radius 3 is 2.30 bits per heavy atom. The summed E-state index contributed by atoms with van der Waals surface area (Å²) in [5.41, 5.74) is 0.828. The van der Waals surface area contributed by atoms with E-state index in [1.807, 2.05) is 30.3 Å². The SMILES string of the molecule is CC(C)(C)c1ccc(/C=C(\c2ccccc2)[N+](=O)[O-])s1. The van der Waals surface area contributed by atoms with Gasteiger partial charge in [-0.2, -0.15) is 0 Å². The van der Waals surface area contributed by atoms with Gasteiger partial charge in [-0.1, -0.05) is 39.0 Å². The van der Waals surface area contributed by atoms with Gasteiger partial charge in [-0.15, -0.1) is 11.3 Å². The first-order chi connectivity index (χ1) is 9.38. The van der Waals surface area contributed by atoms with E-state index in [0.717, 1.165) is 4.88 Å². The fourth-order valence-electron chi connectivity index (χ4n) is 1.82. The molecule has 0 atom stereocenters. The van der Waals surface area contributed by atoms with Crippen LogP contribution in [-0.2, 0) is 5.41 Å². The van der Waals surface area contributed by atoms with E-state index < -0.39 is 0 Å². The van der Waals surface area contributed by atoms with Gasteiger partial charge in [-0.25, -0.2) is 0 Å². The first kappa shape index (κ1) is 14.5. The van der Waals surface area contributed by atoms with Gasteiger partial charge in [0, 0.05) is 15.8 Å². The zero-order valence-electron chi connectivity index (χ0n) is 11.8.